The number of hydrogen-bond donors (Lipinski definition) is 1. The van der Waals surface area contributed by atoms with E-state index in [0.717, 1.165) is 0 Å². The predicted molar refractivity (Wildman–Crippen MR) is 67.8 cm³/mol. The molecule has 2 heterocycles. The van der Waals surface area contributed by atoms with Crippen molar-refractivity contribution in [3.05, 3.63) is 41.5 Å². The number of carboxylic acid groups (broad SMARTS) is 1. The van der Waals surface area contributed by atoms with E-state index in [1.807, 2.05) is 0 Å². The number of aliphatic hydroxyl groups excluding tert-OH is 1. The average Bonchev–Trinajstić information content (AvgIpc) is 2.53. The Labute approximate surface area is 138 Å². The maximum Gasteiger partial charge on any atom is 1.00 e. The van der Waals surface area contributed by atoms with E-state index in [9.17, 15) is 15.0 Å². The normalized spacial score (nSPS) is 11.2. The van der Waals surface area contributed by atoms with Crippen molar-refractivity contribution in [3.63, 3.8) is 0 Å². The van der Waals surface area contributed by atoms with Crippen molar-refractivity contribution in [1.29, 1.82) is 0 Å². The van der Waals surface area contributed by atoms with E-state index in [1.165, 1.54) is 38.6 Å². The Morgan fingerprint density at radius 2 is 1.86 bits per heavy atom. The smallest absolute Gasteiger partial charge is 0.543 e. The number of methoxy groups -OCH3 is 2. The van der Waals surface area contributed by atoms with E-state index in [0.29, 0.717) is 0 Å². The summed E-state index contributed by atoms with van der Waals surface area (Å²) in [6.45, 7) is 0. The summed E-state index contributed by atoms with van der Waals surface area (Å²) < 4.78 is 9.95. The zero-order chi connectivity index (χ0) is 15.4. The molecule has 2 rings (SSSR count). The van der Waals surface area contributed by atoms with E-state index in [-0.39, 0.29) is 47.7 Å². The number of hydrogen-bond acceptors (Lipinski definition) is 8. The number of carbonyl (C=O) groups is 1. The van der Waals surface area contributed by atoms with Gasteiger partial charge in [-0.05, 0) is 6.07 Å². The van der Waals surface area contributed by atoms with Gasteiger partial charge in [0.15, 0.2) is 5.82 Å². The van der Waals surface area contributed by atoms with Crippen molar-refractivity contribution in [2.45, 2.75) is 6.10 Å². The Hall–Kier alpha value is -2.14. The Morgan fingerprint density at radius 1 is 1.27 bits per heavy atom. The zero-order valence-corrected chi connectivity index (χ0v) is 12.3. The van der Waals surface area contributed by atoms with Crippen LogP contribution in [-0.2, 0) is 0 Å². The van der Waals surface area contributed by atoms with Crippen LogP contribution in [-0.4, -0.2) is 40.2 Å². The third kappa shape index (κ3) is 3.74. The van der Waals surface area contributed by atoms with Gasteiger partial charge >= 0.3 is 18.9 Å². The van der Waals surface area contributed by atoms with Gasteiger partial charge in [0.2, 0.25) is 11.8 Å². The summed E-state index contributed by atoms with van der Waals surface area (Å²) in [4.78, 5) is 22.6. The van der Waals surface area contributed by atoms with Crippen LogP contribution in [0.15, 0.2) is 24.4 Å². The molecule has 8 nitrogen and oxygen atoms in total. The van der Waals surface area contributed by atoms with Gasteiger partial charge in [-0.2, -0.15) is 9.97 Å². The summed E-state index contributed by atoms with van der Waals surface area (Å²) in [6, 6.07) is 4.32. The predicted octanol–water partition coefficient (Wildman–Crippen LogP) is -3.66. The first-order chi connectivity index (χ1) is 10.1. The van der Waals surface area contributed by atoms with E-state index in [4.69, 9.17) is 9.47 Å². The number of carboxylic acids is 1. The second-order valence-corrected chi connectivity index (χ2v) is 3.94. The first kappa shape index (κ1) is 17.9. The van der Waals surface area contributed by atoms with Gasteiger partial charge in [-0.3, -0.25) is 4.98 Å². The molecular formula is C13H12LiN3O5. The van der Waals surface area contributed by atoms with Crippen LogP contribution in [0.4, 0.5) is 0 Å². The molecule has 0 aliphatic rings. The molecule has 9 heteroatoms. The molecule has 110 valence electrons. The van der Waals surface area contributed by atoms with Crippen LogP contribution in [0, 0.1) is 0 Å². The van der Waals surface area contributed by atoms with Crippen LogP contribution in [0.1, 0.15) is 28.0 Å². The number of carbonyl (C=O) groups excluding carboxylic acids is 1. The summed E-state index contributed by atoms with van der Waals surface area (Å²) in [7, 11) is 2.79. The SMILES string of the molecule is COc1cc(OC)nc(C(O)c2cccnc2C(=O)[O-])n1.[Li+]. The maximum absolute atomic E-state index is 11.0. The van der Waals surface area contributed by atoms with Gasteiger partial charge in [-0.15, -0.1) is 0 Å². The van der Waals surface area contributed by atoms with Gasteiger partial charge in [0, 0.05) is 11.8 Å². The van der Waals surface area contributed by atoms with Gasteiger partial charge < -0.3 is 24.5 Å². The largest absolute Gasteiger partial charge is 1.00 e. The minimum absolute atomic E-state index is 0. The second kappa shape index (κ2) is 7.75. The molecule has 0 aromatic carbocycles. The van der Waals surface area contributed by atoms with Crippen LogP contribution in [0.3, 0.4) is 0 Å². The van der Waals surface area contributed by atoms with Gasteiger partial charge in [0.25, 0.3) is 0 Å². The molecule has 0 spiro atoms. The van der Waals surface area contributed by atoms with E-state index >= 15 is 0 Å². The molecule has 0 aliphatic carbocycles. The Bertz CT molecular complexity index is 646. The number of pyridine rings is 1. The fraction of sp³-hybridized carbons (Fsp3) is 0.231. The maximum atomic E-state index is 11.0. The molecule has 1 N–H and O–H groups in total. The van der Waals surface area contributed by atoms with Crippen molar-refractivity contribution in [2.24, 2.45) is 0 Å². The van der Waals surface area contributed by atoms with E-state index < -0.39 is 12.1 Å². The Kier molecular flexibility index (Phi) is 6.31. The van der Waals surface area contributed by atoms with Crippen molar-refractivity contribution >= 4 is 5.97 Å². The third-order valence-electron chi connectivity index (χ3n) is 2.69. The number of aliphatic hydroxyl groups is 1. The fourth-order valence-electron chi connectivity index (χ4n) is 1.70. The average molecular weight is 297 g/mol. The molecule has 0 saturated heterocycles. The summed E-state index contributed by atoms with van der Waals surface area (Å²) in [6.07, 6.45) is -0.121. The van der Waals surface area contributed by atoms with Crippen molar-refractivity contribution in [1.82, 2.24) is 15.0 Å². The second-order valence-electron chi connectivity index (χ2n) is 3.94. The minimum Gasteiger partial charge on any atom is -0.543 e. The van der Waals surface area contributed by atoms with Gasteiger partial charge in [0.05, 0.1) is 31.9 Å². The summed E-state index contributed by atoms with van der Waals surface area (Å²) in [5.74, 6) is -1.22. The molecule has 1 unspecified atom stereocenters. The topological polar surface area (TPSA) is 117 Å². The Morgan fingerprint density at radius 3 is 2.36 bits per heavy atom. The molecule has 0 fully saturated rings. The number of rotatable bonds is 5. The Balaban J connectivity index is 0.00000242. The molecule has 0 bridgehead atoms. The van der Waals surface area contributed by atoms with Gasteiger partial charge in [0.1, 0.15) is 6.10 Å². The van der Waals surface area contributed by atoms with Crippen LogP contribution in [0.5, 0.6) is 11.8 Å². The summed E-state index contributed by atoms with van der Waals surface area (Å²) in [5, 5.41) is 21.3. The number of aromatic carboxylic acids is 1. The molecule has 0 aliphatic heterocycles. The molecule has 0 radical (unpaired) electrons. The minimum atomic E-state index is -1.50. The van der Waals surface area contributed by atoms with Crippen molar-refractivity contribution in [2.75, 3.05) is 14.2 Å². The van der Waals surface area contributed by atoms with Crippen molar-refractivity contribution in [3.8, 4) is 11.8 Å². The first-order valence-electron chi connectivity index (χ1n) is 5.88. The first-order valence-corrected chi connectivity index (χ1v) is 5.88. The molecule has 2 aromatic heterocycles. The van der Waals surface area contributed by atoms with E-state index in [2.05, 4.69) is 15.0 Å². The quantitative estimate of drug-likeness (QED) is 0.561. The van der Waals surface area contributed by atoms with E-state index in [1.54, 1.807) is 0 Å². The molecular weight excluding hydrogens is 285 g/mol. The number of nitrogens with zero attached hydrogens (tertiary/aromatic N) is 3. The third-order valence-corrected chi connectivity index (χ3v) is 2.69. The van der Waals surface area contributed by atoms with Crippen LogP contribution < -0.4 is 33.4 Å². The fourth-order valence-corrected chi connectivity index (χ4v) is 1.70. The zero-order valence-electron chi connectivity index (χ0n) is 12.3. The van der Waals surface area contributed by atoms with Gasteiger partial charge in [-0.1, -0.05) is 6.07 Å². The molecule has 22 heavy (non-hydrogen) atoms. The summed E-state index contributed by atoms with van der Waals surface area (Å²) >= 11 is 0. The molecule has 1 atom stereocenters. The number of ether oxygens (including phenoxy) is 2. The molecule has 0 saturated carbocycles. The van der Waals surface area contributed by atoms with Gasteiger partial charge in [-0.25, -0.2) is 0 Å². The number of aromatic nitrogens is 3. The molecule has 2 aromatic rings. The molecule has 0 amide bonds. The summed E-state index contributed by atoms with van der Waals surface area (Å²) in [5.41, 5.74) is -0.358. The van der Waals surface area contributed by atoms with Crippen LogP contribution in [0.25, 0.3) is 0 Å². The van der Waals surface area contributed by atoms with Crippen molar-refractivity contribution < 1.29 is 43.3 Å². The van der Waals surface area contributed by atoms with Crippen LogP contribution in [0.2, 0.25) is 0 Å². The van der Waals surface area contributed by atoms with Crippen LogP contribution >= 0.6 is 0 Å². The standard InChI is InChI=1S/C13H13N3O5.Li/c1-20-8-6-9(21-2)16-12(15-8)11(17)7-4-3-5-14-10(7)13(18)19;/h3-6,11,17H,1-2H3,(H,18,19);/q;+1/p-1. The monoisotopic (exact) mass is 297 g/mol.